The highest BCUT2D eigenvalue weighted by Gasteiger charge is 2.24. The summed E-state index contributed by atoms with van der Waals surface area (Å²) < 4.78 is 0. The molecule has 0 atom stereocenters. The second kappa shape index (κ2) is 7.30. The lowest BCUT2D eigenvalue weighted by molar-refractivity contribution is 0.0747. The second-order valence-electron chi connectivity index (χ2n) is 6.41. The molecule has 4 rings (SSSR count). The molecule has 1 fully saturated rings. The number of carbonyl (C=O) groups excluding carboxylic acids is 1. The standard InChI is InChI=1S/C21H21N3OS/c1-16-19(17-8-4-2-5-9-17)22-21(26-16)24-14-12-23(13-15-24)20(25)18-10-6-3-7-11-18/h2-11H,12-15H2,1H3. The molecule has 0 aliphatic carbocycles. The highest BCUT2D eigenvalue weighted by Crippen LogP contribution is 2.32. The van der Waals surface area contributed by atoms with E-state index in [1.54, 1.807) is 11.3 Å². The van der Waals surface area contributed by atoms with E-state index in [0.29, 0.717) is 0 Å². The number of hydrogen-bond donors (Lipinski definition) is 0. The summed E-state index contributed by atoms with van der Waals surface area (Å²) in [4.78, 5) is 22.9. The minimum Gasteiger partial charge on any atom is -0.345 e. The van der Waals surface area contributed by atoms with Gasteiger partial charge in [0.1, 0.15) is 0 Å². The van der Waals surface area contributed by atoms with Gasteiger partial charge in [0.2, 0.25) is 0 Å². The molecule has 3 aromatic rings. The molecule has 0 unspecified atom stereocenters. The molecule has 0 radical (unpaired) electrons. The molecule has 1 amide bonds. The molecule has 2 heterocycles. The third kappa shape index (κ3) is 3.35. The van der Waals surface area contributed by atoms with Gasteiger partial charge in [0.05, 0.1) is 5.69 Å². The average Bonchev–Trinajstić information content (AvgIpc) is 3.10. The minimum atomic E-state index is 0.116. The number of carbonyl (C=O) groups is 1. The smallest absolute Gasteiger partial charge is 0.253 e. The highest BCUT2D eigenvalue weighted by molar-refractivity contribution is 7.16. The Hall–Kier alpha value is -2.66. The number of benzene rings is 2. The van der Waals surface area contributed by atoms with Crippen LogP contribution in [0.5, 0.6) is 0 Å². The van der Waals surface area contributed by atoms with Crippen molar-refractivity contribution >= 4 is 22.4 Å². The number of piperazine rings is 1. The van der Waals surface area contributed by atoms with Crippen LogP contribution in [-0.4, -0.2) is 42.0 Å². The monoisotopic (exact) mass is 363 g/mol. The summed E-state index contributed by atoms with van der Waals surface area (Å²) in [5.74, 6) is 0.116. The summed E-state index contributed by atoms with van der Waals surface area (Å²) in [7, 11) is 0. The van der Waals surface area contributed by atoms with Gasteiger partial charge in [-0.25, -0.2) is 4.98 Å². The van der Waals surface area contributed by atoms with Crippen LogP contribution in [0.3, 0.4) is 0 Å². The molecule has 2 aromatic carbocycles. The van der Waals surface area contributed by atoms with Crippen molar-refractivity contribution in [3.63, 3.8) is 0 Å². The number of amides is 1. The first-order chi connectivity index (χ1) is 12.7. The van der Waals surface area contributed by atoms with Crippen molar-refractivity contribution in [2.75, 3.05) is 31.1 Å². The van der Waals surface area contributed by atoms with E-state index in [2.05, 4.69) is 24.0 Å². The van der Waals surface area contributed by atoms with Crippen molar-refractivity contribution in [2.45, 2.75) is 6.92 Å². The molecule has 1 aliphatic heterocycles. The van der Waals surface area contributed by atoms with Crippen LogP contribution in [-0.2, 0) is 0 Å². The Balaban J connectivity index is 1.45. The van der Waals surface area contributed by atoms with Gasteiger partial charge in [0, 0.05) is 42.2 Å². The van der Waals surface area contributed by atoms with Crippen LogP contribution < -0.4 is 4.90 Å². The van der Waals surface area contributed by atoms with Crippen molar-refractivity contribution in [1.29, 1.82) is 0 Å². The predicted octanol–water partition coefficient (Wildman–Crippen LogP) is 4.08. The minimum absolute atomic E-state index is 0.116. The summed E-state index contributed by atoms with van der Waals surface area (Å²) in [5, 5.41) is 1.05. The first-order valence-electron chi connectivity index (χ1n) is 8.84. The van der Waals surface area contributed by atoms with Gasteiger partial charge in [-0.2, -0.15) is 0 Å². The molecular formula is C21H21N3OS. The Kier molecular flexibility index (Phi) is 4.71. The zero-order chi connectivity index (χ0) is 17.9. The Labute approximate surface area is 157 Å². The third-order valence-electron chi connectivity index (χ3n) is 4.69. The van der Waals surface area contributed by atoms with Crippen molar-refractivity contribution < 1.29 is 4.79 Å². The maximum absolute atomic E-state index is 12.6. The molecular weight excluding hydrogens is 342 g/mol. The van der Waals surface area contributed by atoms with E-state index in [4.69, 9.17) is 4.98 Å². The Morgan fingerprint density at radius 2 is 1.54 bits per heavy atom. The van der Waals surface area contributed by atoms with Crippen LogP contribution >= 0.6 is 11.3 Å². The molecule has 0 bridgehead atoms. The number of rotatable bonds is 3. The highest BCUT2D eigenvalue weighted by atomic mass is 32.1. The SMILES string of the molecule is Cc1sc(N2CCN(C(=O)c3ccccc3)CC2)nc1-c1ccccc1. The number of anilines is 1. The summed E-state index contributed by atoms with van der Waals surface area (Å²) in [6.45, 7) is 5.22. The first kappa shape index (κ1) is 16.8. The van der Waals surface area contributed by atoms with Gasteiger partial charge in [-0.15, -0.1) is 11.3 Å². The topological polar surface area (TPSA) is 36.4 Å². The van der Waals surface area contributed by atoms with E-state index in [9.17, 15) is 4.79 Å². The van der Waals surface area contributed by atoms with Crippen LogP contribution in [0, 0.1) is 6.92 Å². The van der Waals surface area contributed by atoms with E-state index < -0.39 is 0 Å². The van der Waals surface area contributed by atoms with Gasteiger partial charge >= 0.3 is 0 Å². The normalized spacial score (nSPS) is 14.5. The van der Waals surface area contributed by atoms with Crippen LogP contribution in [0.2, 0.25) is 0 Å². The molecule has 26 heavy (non-hydrogen) atoms. The fourth-order valence-corrected chi connectivity index (χ4v) is 4.23. The number of nitrogens with zero attached hydrogens (tertiary/aromatic N) is 3. The van der Waals surface area contributed by atoms with Gasteiger partial charge in [-0.1, -0.05) is 48.5 Å². The number of aryl methyl sites for hydroxylation is 1. The van der Waals surface area contributed by atoms with E-state index in [-0.39, 0.29) is 5.91 Å². The first-order valence-corrected chi connectivity index (χ1v) is 9.66. The van der Waals surface area contributed by atoms with Crippen molar-refractivity contribution in [1.82, 2.24) is 9.88 Å². The Morgan fingerprint density at radius 3 is 2.19 bits per heavy atom. The molecule has 0 N–H and O–H groups in total. The number of hydrogen-bond acceptors (Lipinski definition) is 4. The average molecular weight is 363 g/mol. The molecule has 0 spiro atoms. The van der Waals surface area contributed by atoms with Crippen LogP contribution in [0.15, 0.2) is 60.7 Å². The Bertz CT molecular complexity index is 884. The lowest BCUT2D eigenvalue weighted by atomic mass is 10.1. The fraction of sp³-hybridized carbons (Fsp3) is 0.238. The van der Waals surface area contributed by atoms with Crippen LogP contribution in [0.4, 0.5) is 5.13 Å². The van der Waals surface area contributed by atoms with Gasteiger partial charge in [-0.3, -0.25) is 4.79 Å². The third-order valence-corrected chi connectivity index (χ3v) is 5.72. The zero-order valence-electron chi connectivity index (χ0n) is 14.8. The molecule has 5 heteroatoms. The van der Waals surface area contributed by atoms with Crippen molar-refractivity contribution in [3.05, 3.63) is 71.1 Å². The molecule has 4 nitrogen and oxygen atoms in total. The fourth-order valence-electron chi connectivity index (χ4n) is 3.25. The van der Waals surface area contributed by atoms with Gasteiger partial charge < -0.3 is 9.80 Å². The largest absolute Gasteiger partial charge is 0.345 e. The zero-order valence-corrected chi connectivity index (χ0v) is 15.6. The second-order valence-corrected chi connectivity index (χ2v) is 7.59. The van der Waals surface area contributed by atoms with Gasteiger partial charge in [0.15, 0.2) is 5.13 Å². The lowest BCUT2D eigenvalue weighted by Gasteiger charge is -2.34. The molecule has 132 valence electrons. The van der Waals surface area contributed by atoms with Crippen LogP contribution in [0.25, 0.3) is 11.3 Å². The lowest BCUT2D eigenvalue weighted by Crippen LogP contribution is -2.48. The van der Waals surface area contributed by atoms with E-state index in [1.165, 1.54) is 4.88 Å². The molecule has 1 aromatic heterocycles. The summed E-state index contributed by atoms with van der Waals surface area (Å²) in [5.41, 5.74) is 2.98. The van der Waals surface area contributed by atoms with E-state index in [0.717, 1.165) is 48.1 Å². The van der Waals surface area contributed by atoms with Crippen LogP contribution in [0.1, 0.15) is 15.2 Å². The summed E-state index contributed by atoms with van der Waals surface area (Å²) in [6, 6.07) is 19.8. The van der Waals surface area contributed by atoms with E-state index in [1.807, 2.05) is 53.4 Å². The molecule has 0 saturated carbocycles. The molecule has 1 aliphatic rings. The Morgan fingerprint density at radius 1 is 0.923 bits per heavy atom. The van der Waals surface area contributed by atoms with Crippen molar-refractivity contribution in [3.8, 4) is 11.3 Å². The summed E-state index contributed by atoms with van der Waals surface area (Å²) in [6.07, 6.45) is 0. The maximum atomic E-state index is 12.6. The number of thiazole rings is 1. The number of aromatic nitrogens is 1. The molecule has 1 saturated heterocycles. The van der Waals surface area contributed by atoms with Crippen molar-refractivity contribution in [2.24, 2.45) is 0 Å². The van der Waals surface area contributed by atoms with E-state index >= 15 is 0 Å². The predicted molar refractivity (Wildman–Crippen MR) is 107 cm³/mol. The van der Waals surface area contributed by atoms with Gasteiger partial charge in [-0.05, 0) is 19.1 Å². The maximum Gasteiger partial charge on any atom is 0.253 e. The van der Waals surface area contributed by atoms with Gasteiger partial charge in [0.25, 0.3) is 5.91 Å². The quantitative estimate of drug-likeness (QED) is 0.703. The summed E-state index contributed by atoms with van der Waals surface area (Å²) >= 11 is 1.73.